The van der Waals surface area contributed by atoms with E-state index in [0.29, 0.717) is 5.39 Å². The molecular formula is C23H20N2O2. The quantitative estimate of drug-likeness (QED) is 0.510. The SMILES string of the molecule is CC(C)c1cc2c(c(=O)c3cccc4c3n2CC4)c(=O)n1-c1ccccc1. The third-order valence-corrected chi connectivity index (χ3v) is 5.58. The molecule has 0 aliphatic carbocycles. The summed E-state index contributed by atoms with van der Waals surface area (Å²) < 4.78 is 3.86. The molecule has 134 valence electrons. The highest BCUT2D eigenvalue weighted by Crippen LogP contribution is 2.29. The largest absolute Gasteiger partial charge is 0.339 e. The second kappa shape index (κ2) is 5.68. The number of aryl methyl sites for hydroxylation is 2. The van der Waals surface area contributed by atoms with Crippen molar-refractivity contribution in [2.24, 2.45) is 0 Å². The van der Waals surface area contributed by atoms with Crippen molar-refractivity contribution in [2.45, 2.75) is 32.7 Å². The van der Waals surface area contributed by atoms with Crippen LogP contribution in [0, 0.1) is 0 Å². The molecule has 27 heavy (non-hydrogen) atoms. The fraction of sp³-hybridized carbons (Fsp3) is 0.217. The molecule has 2 aromatic heterocycles. The van der Waals surface area contributed by atoms with Crippen molar-refractivity contribution in [1.82, 2.24) is 9.13 Å². The van der Waals surface area contributed by atoms with Crippen LogP contribution in [0.25, 0.3) is 27.5 Å². The maximum absolute atomic E-state index is 13.6. The van der Waals surface area contributed by atoms with E-state index in [9.17, 15) is 9.59 Å². The lowest BCUT2D eigenvalue weighted by Crippen LogP contribution is -2.28. The number of hydrogen-bond donors (Lipinski definition) is 0. The van der Waals surface area contributed by atoms with Gasteiger partial charge in [0.2, 0.25) is 5.43 Å². The lowest BCUT2D eigenvalue weighted by Gasteiger charge is -2.19. The highest BCUT2D eigenvalue weighted by atomic mass is 16.1. The fourth-order valence-electron chi connectivity index (χ4n) is 4.32. The van der Waals surface area contributed by atoms with Crippen molar-refractivity contribution in [3.05, 3.63) is 86.4 Å². The lowest BCUT2D eigenvalue weighted by molar-refractivity contribution is 0.753. The van der Waals surface area contributed by atoms with Gasteiger partial charge in [-0.25, -0.2) is 0 Å². The molecule has 0 saturated heterocycles. The lowest BCUT2D eigenvalue weighted by atomic mass is 10.0. The Hall–Kier alpha value is -3.14. The number of hydrogen-bond acceptors (Lipinski definition) is 2. The van der Waals surface area contributed by atoms with Gasteiger partial charge in [-0.05, 0) is 42.2 Å². The number of fused-ring (bicyclic) bond motifs is 2. The summed E-state index contributed by atoms with van der Waals surface area (Å²) >= 11 is 0. The molecule has 0 saturated carbocycles. The van der Waals surface area contributed by atoms with Crippen LogP contribution in [0.1, 0.15) is 31.0 Å². The molecule has 0 spiro atoms. The number of rotatable bonds is 2. The topological polar surface area (TPSA) is 44.0 Å². The van der Waals surface area contributed by atoms with E-state index in [1.807, 2.05) is 48.5 Å². The van der Waals surface area contributed by atoms with Crippen molar-refractivity contribution < 1.29 is 0 Å². The van der Waals surface area contributed by atoms with E-state index in [4.69, 9.17) is 0 Å². The van der Waals surface area contributed by atoms with Crippen LogP contribution in [0.5, 0.6) is 0 Å². The minimum absolute atomic E-state index is 0.151. The summed E-state index contributed by atoms with van der Waals surface area (Å²) in [6.07, 6.45) is 0.897. The molecule has 4 heteroatoms. The first-order valence-corrected chi connectivity index (χ1v) is 9.37. The molecule has 0 N–H and O–H groups in total. The highest BCUT2D eigenvalue weighted by molar-refractivity contribution is 5.95. The Labute approximate surface area is 156 Å². The molecule has 2 aromatic carbocycles. The van der Waals surface area contributed by atoms with Crippen molar-refractivity contribution >= 4 is 21.8 Å². The molecule has 4 aromatic rings. The van der Waals surface area contributed by atoms with Crippen LogP contribution in [0.4, 0.5) is 0 Å². The average molecular weight is 356 g/mol. The first-order valence-electron chi connectivity index (χ1n) is 9.37. The first kappa shape index (κ1) is 16.1. The Balaban J connectivity index is 2.03. The van der Waals surface area contributed by atoms with E-state index in [1.165, 1.54) is 5.56 Å². The second-order valence-electron chi connectivity index (χ2n) is 7.50. The second-order valence-corrected chi connectivity index (χ2v) is 7.50. The van der Waals surface area contributed by atoms with E-state index in [1.54, 1.807) is 4.57 Å². The van der Waals surface area contributed by atoms with Gasteiger partial charge in [-0.15, -0.1) is 0 Å². The van der Waals surface area contributed by atoms with Gasteiger partial charge in [-0.3, -0.25) is 14.2 Å². The van der Waals surface area contributed by atoms with Gasteiger partial charge in [0, 0.05) is 23.3 Å². The molecule has 1 aliphatic rings. The molecule has 0 atom stereocenters. The molecule has 5 rings (SSSR count). The predicted octanol–water partition coefficient (Wildman–Crippen LogP) is 3.99. The maximum Gasteiger partial charge on any atom is 0.268 e. The third kappa shape index (κ3) is 2.16. The highest BCUT2D eigenvalue weighted by Gasteiger charge is 2.23. The standard InChI is InChI=1S/C23H20N2O2/c1-14(2)18-13-19-20(23(27)25(18)16-8-4-3-5-9-16)22(26)17-10-6-7-15-11-12-24(19)21(15)17/h3-10,13-14H,11-12H2,1-2H3. The molecule has 3 heterocycles. The zero-order valence-electron chi connectivity index (χ0n) is 15.4. The summed E-state index contributed by atoms with van der Waals surface area (Å²) in [5.74, 6) is 0.151. The van der Waals surface area contributed by atoms with Gasteiger partial charge in [-0.1, -0.05) is 44.2 Å². The Morgan fingerprint density at radius 1 is 0.963 bits per heavy atom. The van der Waals surface area contributed by atoms with Crippen LogP contribution < -0.4 is 11.0 Å². The van der Waals surface area contributed by atoms with Crippen molar-refractivity contribution in [2.75, 3.05) is 0 Å². The number of aromatic nitrogens is 2. The van der Waals surface area contributed by atoms with Gasteiger partial charge in [0.25, 0.3) is 5.56 Å². The van der Waals surface area contributed by atoms with Gasteiger partial charge in [-0.2, -0.15) is 0 Å². The van der Waals surface area contributed by atoms with Crippen LogP contribution in [0.15, 0.2) is 64.2 Å². The zero-order chi connectivity index (χ0) is 18.7. The zero-order valence-corrected chi connectivity index (χ0v) is 15.4. The maximum atomic E-state index is 13.6. The van der Waals surface area contributed by atoms with E-state index < -0.39 is 0 Å². The molecule has 4 nitrogen and oxygen atoms in total. The monoisotopic (exact) mass is 356 g/mol. The molecule has 0 radical (unpaired) electrons. The van der Waals surface area contributed by atoms with E-state index in [0.717, 1.165) is 35.4 Å². The molecule has 0 amide bonds. The van der Waals surface area contributed by atoms with E-state index in [-0.39, 0.29) is 22.3 Å². The Morgan fingerprint density at radius 2 is 1.74 bits per heavy atom. The average Bonchev–Trinajstić information content (AvgIpc) is 3.11. The molecule has 1 aliphatic heterocycles. The number of benzene rings is 2. The predicted molar refractivity (Wildman–Crippen MR) is 109 cm³/mol. The molecule has 0 bridgehead atoms. The van der Waals surface area contributed by atoms with Crippen LogP contribution in [0.3, 0.4) is 0 Å². The number of para-hydroxylation sites is 2. The third-order valence-electron chi connectivity index (χ3n) is 5.58. The Bertz CT molecular complexity index is 1330. The van der Waals surface area contributed by atoms with Crippen molar-refractivity contribution in [3.63, 3.8) is 0 Å². The first-order chi connectivity index (χ1) is 13.1. The van der Waals surface area contributed by atoms with Gasteiger partial charge in [0.15, 0.2) is 0 Å². The number of nitrogens with zero attached hydrogens (tertiary/aromatic N) is 2. The smallest absolute Gasteiger partial charge is 0.268 e. The summed E-state index contributed by atoms with van der Waals surface area (Å²) in [7, 11) is 0. The summed E-state index contributed by atoms with van der Waals surface area (Å²) in [5.41, 5.74) is 4.26. The summed E-state index contributed by atoms with van der Waals surface area (Å²) in [5, 5.41) is 0.932. The van der Waals surface area contributed by atoms with E-state index in [2.05, 4.69) is 24.5 Å². The fourth-order valence-corrected chi connectivity index (χ4v) is 4.32. The van der Waals surface area contributed by atoms with Crippen molar-refractivity contribution in [1.29, 1.82) is 0 Å². The van der Waals surface area contributed by atoms with E-state index >= 15 is 0 Å². The van der Waals surface area contributed by atoms with Gasteiger partial charge < -0.3 is 4.57 Å². The Kier molecular flexibility index (Phi) is 3.38. The van der Waals surface area contributed by atoms with Crippen LogP contribution in [-0.2, 0) is 13.0 Å². The van der Waals surface area contributed by atoms with Gasteiger partial charge in [0.05, 0.1) is 11.0 Å². The van der Waals surface area contributed by atoms with Crippen LogP contribution in [-0.4, -0.2) is 9.13 Å². The van der Waals surface area contributed by atoms with Gasteiger partial charge >= 0.3 is 0 Å². The minimum atomic E-state index is -0.227. The molecule has 0 unspecified atom stereocenters. The Morgan fingerprint density at radius 3 is 2.48 bits per heavy atom. The summed E-state index contributed by atoms with van der Waals surface area (Å²) in [6.45, 7) is 4.96. The van der Waals surface area contributed by atoms with Crippen molar-refractivity contribution in [3.8, 4) is 5.69 Å². The van der Waals surface area contributed by atoms with Gasteiger partial charge in [0.1, 0.15) is 5.39 Å². The van der Waals surface area contributed by atoms with Crippen LogP contribution >= 0.6 is 0 Å². The minimum Gasteiger partial charge on any atom is -0.339 e. The normalized spacial score (nSPS) is 13.1. The molecular weight excluding hydrogens is 336 g/mol. The number of pyridine rings is 2. The summed E-state index contributed by atoms with van der Waals surface area (Å²) in [4.78, 5) is 26.8. The summed E-state index contributed by atoms with van der Waals surface area (Å²) in [6, 6.07) is 17.4. The molecule has 0 fully saturated rings. The van der Waals surface area contributed by atoms with Crippen LogP contribution in [0.2, 0.25) is 0 Å².